The summed E-state index contributed by atoms with van der Waals surface area (Å²) in [5.74, 6) is 0.184. The summed E-state index contributed by atoms with van der Waals surface area (Å²) in [6, 6.07) is 5.68. The van der Waals surface area contributed by atoms with Crippen LogP contribution in [0.2, 0.25) is 0 Å². The fraction of sp³-hybridized carbons (Fsp3) is 0.417. The van der Waals surface area contributed by atoms with E-state index in [4.69, 9.17) is 20.2 Å². The largest absolute Gasteiger partial charge is 0.481 e. The van der Waals surface area contributed by atoms with E-state index >= 15 is 0 Å². The zero-order valence-corrected chi connectivity index (χ0v) is 18.8. The van der Waals surface area contributed by atoms with Gasteiger partial charge in [0.25, 0.3) is 0 Å². The predicted molar refractivity (Wildman–Crippen MR) is 118 cm³/mol. The highest BCUT2D eigenvalue weighted by atomic mass is 16.6. The zero-order valence-electron chi connectivity index (χ0n) is 18.8. The maximum absolute atomic E-state index is 12.4. The van der Waals surface area contributed by atoms with Crippen LogP contribution in [0.25, 0.3) is 10.8 Å². The number of ether oxygens (including phenoxy) is 2. The van der Waals surface area contributed by atoms with Crippen molar-refractivity contribution in [3.63, 3.8) is 0 Å². The second kappa shape index (κ2) is 7.27. The molecule has 162 valence electrons. The van der Waals surface area contributed by atoms with Crippen molar-refractivity contribution >= 4 is 16.7 Å². The van der Waals surface area contributed by atoms with Crippen molar-refractivity contribution in [2.24, 2.45) is 5.73 Å². The molecule has 3 aromatic heterocycles. The minimum absolute atomic E-state index is 0.00955. The number of nitrogens with two attached hydrogens (primary N) is 1. The molecule has 4 rings (SSSR count). The van der Waals surface area contributed by atoms with E-state index in [1.165, 1.54) is 0 Å². The molecule has 0 spiro atoms. The quantitative estimate of drug-likeness (QED) is 0.640. The number of hydrogen-bond donors (Lipinski definition) is 1. The van der Waals surface area contributed by atoms with Crippen molar-refractivity contribution in [1.29, 1.82) is 0 Å². The van der Waals surface area contributed by atoms with E-state index < -0.39 is 11.1 Å². The van der Waals surface area contributed by atoms with Gasteiger partial charge in [-0.05, 0) is 56.8 Å². The molecule has 1 aliphatic rings. The number of carbonyl (C=O) groups excluding carboxylic acids is 1. The Labute approximate surface area is 182 Å². The number of hydrogen-bond acceptors (Lipinski definition) is 7. The molecule has 31 heavy (non-hydrogen) atoms. The third kappa shape index (κ3) is 3.74. The molecule has 1 atom stereocenters. The van der Waals surface area contributed by atoms with Gasteiger partial charge < -0.3 is 15.2 Å². The number of rotatable bonds is 4. The van der Waals surface area contributed by atoms with Crippen molar-refractivity contribution in [3.8, 4) is 5.88 Å². The molecule has 4 heterocycles. The maximum Gasteiger partial charge on any atom is 0.340 e. The Morgan fingerprint density at radius 2 is 1.90 bits per heavy atom. The first-order chi connectivity index (χ1) is 14.5. The Morgan fingerprint density at radius 1 is 1.16 bits per heavy atom. The van der Waals surface area contributed by atoms with Crippen LogP contribution in [0.3, 0.4) is 0 Å². The van der Waals surface area contributed by atoms with E-state index in [1.807, 2.05) is 46.8 Å². The summed E-state index contributed by atoms with van der Waals surface area (Å²) < 4.78 is 11.0. The molecular weight excluding hydrogens is 392 g/mol. The second-order valence-electron chi connectivity index (χ2n) is 9.25. The van der Waals surface area contributed by atoms with E-state index in [0.717, 1.165) is 33.4 Å². The normalized spacial score (nSPS) is 17.9. The topological polar surface area (TPSA) is 100 Å². The van der Waals surface area contributed by atoms with E-state index in [9.17, 15) is 4.79 Å². The highest BCUT2D eigenvalue weighted by Gasteiger charge is 2.40. The molecule has 0 saturated heterocycles. The SMILES string of the molecule is COc1ncc(C(C)(C)N)c2cc(Cc3ccc4c(n3)[C@@H](C)C(C)(C)OC4=O)ncc12. The maximum atomic E-state index is 12.4. The van der Waals surface area contributed by atoms with Gasteiger partial charge in [0.15, 0.2) is 0 Å². The van der Waals surface area contributed by atoms with E-state index in [0.29, 0.717) is 17.9 Å². The van der Waals surface area contributed by atoms with Crippen LogP contribution in [0.5, 0.6) is 5.88 Å². The zero-order chi connectivity index (χ0) is 22.6. The number of cyclic esters (lactones) is 1. The van der Waals surface area contributed by atoms with Crippen molar-refractivity contribution < 1.29 is 14.3 Å². The average Bonchev–Trinajstić information content (AvgIpc) is 2.70. The van der Waals surface area contributed by atoms with Gasteiger partial charge in [-0.25, -0.2) is 9.78 Å². The van der Waals surface area contributed by atoms with Crippen molar-refractivity contribution in [3.05, 3.63) is 58.8 Å². The lowest BCUT2D eigenvalue weighted by molar-refractivity contribution is -0.0190. The summed E-state index contributed by atoms with van der Waals surface area (Å²) in [7, 11) is 1.59. The second-order valence-corrected chi connectivity index (χ2v) is 9.25. The highest BCUT2D eigenvalue weighted by molar-refractivity contribution is 5.92. The van der Waals surface area contributed by atoms with Crippen LogP contribution in [-0.2, 0) is 16.7 Å². The van der Waals surface area contributed by atoms with Crippen LogP contribution in [0.15, 0.2) is 30.6 Å². The molecule has 7 heteroatoms. The van der Waals surface area contributed by atoms with E-state index in [1.54, 1.807) is 25.6 Å². The molecule has 7 nitrogen and oxygen atoms in total. The third-order valence-corrected chi connectivity index (χ3v) is 6.05. The van der Waals surface area contributed by atoms with Gasteiger partial charge in [-0.2, -0.15) is 0 Å². The van der Waals surface area contributed by atoms with Crippen LogP contribution in [0.1, 0.15) is 73.5 Å². The molecule has 0 amide bonds. The minimum Gasteiger partial charge on any atom is -0.481 e. The van der Waals surface area contributed by atoms with Crippen molar-refractivity contribution in [2.75, 3.05) is 7.11 Å². The lowest BCUT2D eigenvalue weighted by Crippen LogP contribution is -2.39. The monoisotopic (exact) mass is 420 g/mol. The summed E-state index contributed by atoms with van der Waals surface area (Å²) in [5.41, 5.74) is 9.15. The summed E-state index contributed by atoms with van der Waals surface area (Å²) in [6.45, 7) is 9.75. The van der Waals surface area contributed by atoms with Gasteiger partial charge in [0, 0.05) is 41.7 Å². The fourth-order valence-electron chi connectivity index (χ4n) is 3.94. The molecule has 0 unspecified atom stereocenters. The lowest BCUT2D eigenvalue weighted by atomic mass is 9.84. The predicted octanol–water partition coefficient (Wildman–Crippen LogP) is 3.87. The number of carbonyl (C=O) groups is 1. The van der Waals surface area contributed by atoms with Crippen LogP contribution < -0.4 is 10.5 Å². The number of fused-ring (bicyclic) bond motifs is 2. The van der Waals surface area contributed by atoms with E-state index in [-0.39, 0.29) is 11.9 Å². The average molecular weight is 421 g/mol. The van der Waals surface area contributed by atoms with Gasteiger partial charge in [0.05, 0.1) is 23.8 Å². The molecule has 1 aliphatic heterocycles. The van der Waals surface area contributed by atoms with Gasteiger partial charge in [0.1, 0.15) is 5.60 Å². The number of pyridine rings is 3. The fourth-order valence-corrected chi connectivity index (χ4v) is 3.94. The summed E-state index contributed by atoms with van der Waals surface area (Å²) in [5, 5.41) is 1.78. The Hall–Kier alpha value is -3.06. The Balaban J connectivity index is 1.76. The Morgan fingerprint density at radius 3 is 2.58 bits per heavy atom. The van der Waals surface area contributed by atoms with Gasteiger partial charge in [-0.15, -0.1) is 0 Å². The minimum atomic E-state index is -0.595. The lowest BCUT2D eigenvalue weighted by Gasteiger charge is -2.36. The summed E-state index contributed by atoms with van der Waals surface area (Å²) >= 11 is 0. The molecule has 0 aliphatic carbocycles. The molecule has 0 bridgehead atoms. The Kier molecular flexibility index (Phi) is 4.97. The number of esters is 1. The van der Waals surface area contributed by atoms with Crippen molar-refractivity contribution in [2.45, 2.75) is 58.1 Å². The van der Waals surface area contributed by atoms with Gasteiger partial charge in [0.2, 0.25) is 5.88 Å². The molecule has 0 radical (unpaired) electrons. The van der Waals surface area contributed by atoms with Gasteiger partial charge in [-0.3, -0.25) is 9.97 Å². The van der Waals surface area contributed by atoms with Crippen LogP contribution in [0, 0.1) is 0 Å². The van der Waals surface area contributed by atoms with Gasteiger partial charge >= 0.3 is 5.97 Å². The van der Waals surface area contributed by atoms with Crippen LogP contribution >= 0.6 is 0 Å². The molecule has 0 saturated carbocycles. The van der Waals surface area contributed by atoms with Crippen LogP contribution in [-0.4, -0.2) is 33.6 Å². The molecule has 0 fully saturated rings. The van der Waals surface area contributed by atoms with Crippen LogP contribution in [0.4, 0.5) is 0 Å². The smallest absolute Gasteiger partial charge is 0.340 e. The first-order valence-corrected chi connectivity index (χ1v) is 10.4. The first kappa shape index (κ1) is 21.2. The first-order valence-electron chi connectivity index (χ1n) is 10.4. The molecular formula is C24H28N4O3. The molecule has 3 aromatic rings. The van der Waals surface area contributed by atoms with E-state index in [2.05, 4.69) is 9.97 Å². The number of aromatic nitrogens is 3. The third-order valence-electron chi connectivity index (χ3n) is 6.05. The van der Waals surface area contributed by atoms with Crippen molar-refractivity contribution in [1.82, 2.24) is 15.0 Å². The summed E-state index contributed by atoms with van der Waals surface area (Å²) in [4.78, 5) is 26.2. The Bertz CT molecular complexity index is 1180. The number of nitrogens with zero attached hydrogens (tertiary/aromatic N) is 3. The summed E-state index contributed by atoms with van der Waals surface area (Å²) in [6.07, 6.45) is 4.06. The molecule has 2 N–H and O–H groups in total. The molecule has 0 aromatic carbocycles. The standard InChI is InChI=1S/C24H28N4O3/c1-13-20-16(22(29)31-24(13,4)5)8-7-14(28-20)9-15-10-17-18(11-26-15)21(30-6)27-12-19(17)23(2,3)25/h7-8,10-13H,9,25H2,1-6H3/t13-/m1/s1. The van der Waals surface area contributed by atoms with Gasteiger partial charge in [-0.1, -0.05) is 6.92 Å². The number of methoxy groups -OCH3 is 1. The highest BCUT2D eigenvalue weighted by Crippen LogP contribution is 2.37.